The molecule has 2 aromatic rings. The lowest BCUT2D eigenvalue weighted by Crippen LogP contribution is -2.12. The SMILES string of the molecule is CC/C=C/C[C@H]1CC[C@H](c2ccc(-c3ccc(COC)cc3)cc2)CC1. The van der Waals surface area contributed by atoms with Crippen molar-refractivity contribution in [1.82, 2.24) is 0 Å². The van der Waals surface area contributed by atoms with Crippen molar-refractivity contribution in [2.24, 2.45) is 5.92 Å². The van der Waals surface area contributed by atoms with E-state index in [0.29, 0.717) is 6.61 Å². The van der Waals surface area contributed by atoms with Crippen LogP contribution in [0.2, 0.25) is 0 Å². The van der Waals surface area contributed by atoms with Crippen LogP contribution in [0, 0.1) is 5.92 Å². The van der Waals surface area contributed by atoms with Crippen molar-refractivity contribution in [3.8, 4) is 11.1 Å². The Hall–Kier alpha value is -1.86. The molecule has 0 spiro atoms. The molecule has 2 aromatic carbocycles. The smallest absolute Gasteiger partial charge is 0.0713 e. The van der Waals surface area contributed by atoms with Crippen LogP contribution < -0.4 is 0 Å². The standard InChI is InChI=1S/C25H32O/c1-3-4-5-6-20-7-11-22(12-8-20)24-15-17-25(18-16-24)23-13-9-21(10-14-23)19-26-2/h4-5,9-10,13-18,20,22H,3,6-8,11-12,19H2,1-2H3/b5-4+/t20-,22-. The molecule has 1 aliphatic carbocycles. The molecule has 0 aromatic heterocycles. The van der Waals surface area contributed by atoms with Crippen molar-refractivity contribution in [3.05, 3.63) is 71.8 Å². The summed E-state index contributed by atoms with van der Waals surface area (Å²) < 4.78 is 5.19. The van der Waals surface area contributed by atoms with E-state index in [9.17, 15) is 0 Å². The molecule has 0 saturated heterocycles. The van der Waals surface area contributed by atoms with E-state index in [4.69, 9.17) is 4.74 Å². The van der Waals surface area contributed by atoms with Gasteiger partial charge in [0.05, 0.1) is 6.61 Å². The van der Waals surface area contributed by atoms with Crippen LogP contribution in [0.5, 0.6) is 0 Å². The highest BCUT2D eigenvalue weighted by molar-refractivity contribution is 5.64. The van der Waals surface area contributed by atoms with E-state index in [1.807, 2.05) is 0 Å². The van der Waals surface area contributed by atoms with E-state index >= 15 is 0 Å². The van der Waals surface area contributed by atoms with Gasteiger partial charge in [-0.15, -0.1) is 0 Å². The normalized spacial score (nSPS) is 20.5. The maximum Gasteiger partial charge on any atom is 0.0713 e. The van der Waals surface area contributed by atoms with Crippen LogP contribution in [0.3, 0.4) is 0 Å². The molecule has 0 amide bonds. The summed E-state index contributed by atoms with van der Waals surface area (Å²) in [5.41, 5.74) is 5.32. The number of benzene rings is 2. The van der Waals surface area contributed by atoms with E-state index < -0.39 is 0 Å². The summed E-state index contributed by atoms with van der Waals surface area (Å²) in [6.07, 6.45) is 12.6. The van der Waals surface area contributed by atoms with Gasteiger partial charge in [-0.25, -0.2) is 0 Å². The number of ether oxygens (including phenoxy) is 1. The Labute approximate surface area is 159 Å². The monoisotopic (exact) mass is 348 g/mol. The second kappa shape index (κ2) is 9.73. The highest BCUT2D eigenvalue weighted by atomic mass is 16.5. The van der Waals surface area contributed by atoms with Crippen LogP contribution in [0.25, 0.3) is 11.1 Å². The van der Waals surface area contributed by atoms with Crippen molar-refractivity contribution in [3.63, 3.8) is 0 Å². The van der Waals surface area contributed by atoms with Gasteiger partial charge in [0.15, 0.2) is 0 Å². The summed E-state index contributed by atoms with van der Waals surface area (Å²) in [5, 5.41) is 0. The highest BCUT2D eigenvalue weighted by Gasteiger charge is 2.21. The predicted molar refractivity (Wildman–Crippen MR) is 111 cm³/mol. The van der Waals surface area contributed by atoms with Gasteiger partial charge in [-0.3, -0.25) is 0 Å². The summed E-state index contributed by atoms with van der Waals surface area (Å²) in [6.45, 7) is 2.89. The minimum absolute atomic E-state index is 0.677. The summed E-state index contributed by atoms with van der Waals surface area (Å²) in [5.74, 6) is 1.65. The van der Waals surface area contributed by atoms with Crippen LogP contribution >= 0.6 is 0 Å². The Morgan fingerprint density at radius 1 is 0.846 bits per heavy atom. The van der Waals surface area contributed by atoms with Crippen molar-refractivity contribution >= 4 is 0 Å². The van der Waals surface area contributed by atoms with E-state index in [1.165, 1.54) is 54.4 Å². The zero-order valence-electron chi connectivity index (χ0n) is 16.3. The molecule has 0 bridgehead atoms. The van der Waals surface area contributed by atoms with Gasteiger partial charge >= 0.3 is 0 Å². The number of rotatable bonds is 7. The molecule has 0 aliphatic heterocycles. The Morgan fingerprint density at radius 2 is 1.46 bits per heavy atom. The lowest BCUT2D eigenvalue weighted by atomic mass is 9.77. The highest BCUT2D eigenvalue weighted by Crippen LogP contribution is 2.37. The third-order valence-electron chi connectivity index (χ3n) is 5.70. The third kappa shape index (κ3) is 5.08. The molecule has 0 radical (unpaired) electrons. The second-order valence-corrected chi connectivity index (χ2v) is 7.58. The van der Waals surface area contributed by atoms with Crippen molar-refractivity contribution in [1.29, 1.82) is 0 Å². The van der Waals surface area contributed by atoms with Crippen molar-refractivity contribution < 1.29 is 4.74 Å². The Kier molecular flexibility index (Phi) is 7.08. The Morgan fingerprint density at radius 3 is 2.04 bits per heavy atom. The minimum atomic E-state index is 0.677. The summed E-state index contributed by atoms with van der Waals surface area (Å²) >= 11 is 0. The zero-order chi connectivity index (χ0) is 18.2. The van der Waals surface area contributed by atoms with Crippen molar-refractivity contribution in [2.45, 2.75) is 58.0 Å². The molecule has 26 heavy (non-hydrogen) atoms. The largest absolute Gasteiger partial charge is 0.380 e. The van der Waals surface area contributed by atoms with Crippen LogP contribution in [0.4, 0.5) is 0 Å². The molecule has 1 nitrogen and oxygen atoms in total. The van der Waals surface area contributed by atoms with Gasteiger partial charge in [-0.05, 0) is 72.6 Å². The van der Waals surface area contributed by atoms with Gasteiger partial charge in [-0.2, -0.15) is 0 Å². The first-order valence-corrected chi connectivity index (χ1v) is 10.1. The van der Waals surface area contributed by atoms with E-state index in [1.54, 1.807) is 7.11 Å². The predicted octanol–water partition coefficient (Wildman–Crippen LogP) is 7.13. The molecule has 3 rings (SSSR count). The molecule has 1 saturated carbocycles. The first kappa shape index (κ1) is 18.9. The first-order valence-electron chi connectivity index (χ1n) is 10.1. The van der Waals surface area contributed by atoms with Gasteiger partial charge in [0.1, 0.15) is 0 Å². The van der Waals surface area contributed by atoms with Gasteiger partial charge in [0.25, 0.3) is 0 Å². The fourth-order valence-corrected chi connectivity index (χ4v) is 4.09. The molecule has 0 heterocycles. The number of allylic oxidation sites excluding steroid dienone is 2. The van der Waals surface area contributed by atoms with Gasteiger partial charge in [-0.1, -0.05) is 67.6 Å². The number of hydrogen-bond donors (Lipinski definition) is 0. The molecular weight excluding hydrogens is 316 g/mol. The molecule has 1 aliphatic rings. The summed E-state index contributed by atoms with van der Waals surface area (Å²) in [6, 6.07) is 18.0. The minimum Gasteiger partial charge on any atom is -0.380 e. The molecule has 0 unspecified atom stereocenters. The quantitative estimate of drug-likeness (QED) is 0.484. The molecule has 0 atom stereocenters. The fourth-order valence-electron chi connectivity index (χ4n) is 4.09. The molecule has 1 heteroatoms. The topological polar surface area (TPSA) is 9.23 Å². The molecule has 0 N–H and O–H groups in total. The maximum atomic E-state index is 5.19. The Balaban J connectivity index is 1.57. The lowest BCUT2D eigenvalue weighted by Gasteiger charge is -2.28. The first-order chi connectivity index (χ1) is 12.8. The summed E-state index contributed by atoms with van der Waals surface area (Å²) in [7, 11) is 1.74. The van der Waals surface area contributed by atoms with Crippen molar-refractivity contribution in [2.75, 3.05) is 7.11 Å². The second-order valence-electron chi connectivity index (χ2n) is 7.58. The van der Waals surface area contributed by atoms with E-state index in [-0.39, 0.29) is 0 Å². The fraction of sp³-hybridized carbons (Fsp3) is 0.440. The summed E-state index contributed by atoms with van der Waals surface area (Å²) in [4.78, 5) is 0. The van der Waals surface area contributed by atoms with E-state index in [2.05, 4.69) is 67.6 Å². The van der Waals surface area contributed by atoms with Crippen LogP contribution in [-0.2, 0) is 11.3 Å². The molecule has 1 fully saturated rings. The van der Waals surface area contributed by atoms with Crippen LogP contribution in [0.15, 0.2) is 60.7 Å². The number of methoxy groups -OCH3 is 1. The maximum absolute atomic E-state index is 5.19. The van der Waals surface area contributed by atoms with E-state index in [0.717, 1.165) is 18.3 Å². The Bertz CT molecular complexity index is 673. The number of hydrogen-bond acceptors (Lipinski definition) is 1. The van der Waals surface area contributed by atoms with Gasteiger partial charge in [0.2, 0.25) is 0 Å². The zero-order valence-corrected chi connectivity index (χ0v) is 16.3. The molecule has 138 valence electrons. The van der Waals surface area contributed by atoms with Crippen LogP contribution in [-0.4, -0.2) is 7.11 Å². The van der Waals surface area contributed by atoms with Gasteiger partial charge < -0.3 is 4.74 Å². The third-order valence-corrected chi connectivity index (χ3v) is 5.70. The van der Waals surface area contributed by atoms with Crippen LogP contribution in [0.1, 0.15) is 62.5 Å². The average Bonchev–Trinajstić information content (AvgIpc) is 2.70. The lowest BCUT2D eigenvalue weighted by molar-refractivity contribution is 0.185. The molecular formula is C25H32O. The van der Waals surface area contributed by atoms with Gasteiger partial charge in [0, 0.05) is 7.11 Å². The average molecular weight is 349 g/mol.